The van der Waals surface area contributed by atoms with Gasteiger partial charge in [-0.15, -0.1) is 0 Å². The Labute approximate surface area is 161 Å². The number of likely N-dealkylation sites (tertiary alicyclic amines) is 1. The number of carbonyl (C=O) groups is 3. The van der Waals surface area contributed by atoms with Crippen LogP contribution in [0.2, 0.25) is 0 Å². The van der Waals surface area contributed by atoms with Crippen LogP contribution in [0.25, 0.3) is 0 Å². The number of anilines is 1. The molecule has 2 fully saturated rings. The normalized spacial score (nSPS) is 20.9. The fraction of sp³-hybridized carbons (Fsp3) is 0.571. The predicted octanol–water partition coefficient (Wildman–Crippen LogP) is 1.12. The molecule has 6 nitrogen and oxygen atoms in total. The molecule has 146 valence electrons. The zero-order valence-electron chi connectivity index (χ0n) is 16.6. The molecular formula is C21H30N3O3+. The molecule has 0 unspecified atom stereocenters. The first kappa shape index (κ1) is 19.5. The number of benzene rings is 1. The van der Waals surface area contributed by atoms with Crippen molar-refractivity contribution in [2.45, 2.75) is 40.0 Å². The molecule has 0 radical (unpaired) electrons. The molecule has 2 aliphatic heterocycles. The van der Waals surface area contributed by atoms with Gasteiger partial charge >= 0.3 is 0 Å². The van der Waals surface area contributed by atoms with Crippen molar-refractivity contribution >= 4 is 23.3 Å². The number of imide groups is 1. The zero-order valence-corrected chi connectivity index (χ0v) is 16.6. The van der Waals surface area contributed by atoms with E-state index >= 15 is 0 Å². The van der Waals surface area contributed by atoms with Gasteiger partial charge in [-0.1, -0.05) is 13.8 Å². The summed E-state index contributed by atoms with van der Waals surface area (Å²) >= 11 is 0. The molecule has 2 heterocycles. The highest BCUT2D eigenvalue weighted by Crippen LogP contribution is 2.34. The molecule has 0 saturated carbocycles. The summed E-state index contributed by atoms with van der Waals surface area (Å²) in [6, 6.07) is 7.72. The van der Waals surface area contributed by atoms with Crippen molar-refractivity contribution in [1.82, 2.24) is 4.90 Å². The van der Waals surface area contributed by atoms with Crippen LogP contribution >= 0.6 is 0 Å². The van der Waals surface area contributed by atoms with Crippen LogP contribution in [0.1, 0.15) is 50.4 Å². The molecule has 3 rings (SSSR count). The number of rotatable bonds is 5. The molecule has 0 spiro atoms. The van der Waals surface area contributed by atoms with E-state index in [0.717, 1.165) is 43.9 Å². The molecule has 2 amide bonds. The molecule has 0 aliphatic carbocycles. The van der Waals surface area contributed by atoms with E-state index in [1.54, 1.807) is 6.92 Å². The zero-order chi connectivity index (χ0) is 19.6. The third-order valence-corrected chi connectivity index (χ3v) is 6.10. The fourth-order valence-corrected chi connectivity index (χ4v) is 3.92. The number of carbonyl (C=O) groups excluding carboxylic acids is 3. The van der Waals surface area contributed by atoms with Gasteiger partial charge in [-0.25, -0.2) is 4.90 Å². The monoisotopic (exact) mass is 372 g/mol. The summed E-state index contributed by atoms with van der Waals surface area (Å²) < 4.78 is 0. The molecule has 0 aromatic heterocycles. The van der Waals surface area contributed by atoms with Crippen LogP contribution in [0.5, 0.6) is 0 Å². The van der Waals surface area contributed by atoms with Crippen LogP contribution in [-0.4, -0.2) is 55.3 Å². The van der Waals surface area contributed by atoms with Gasteiger partial charge in [0.15, 0.2) is 12.5 Å². The maximum atomic E-state index is 12.5. The summed E-state index contributed by atoms with van der Waals surface area (Å²) in [5.41, 5.74) is 1.66. The second-order valence-corrected chi connectivity index (χ2v) is 8.23. The molecule has 2 aliphatic rings. The summed E-state index contributed by atoms with van der Waals surface area (Å²) in [7, 11) is 0. The van der Waals surface area contributed by atoms with Crippen LogP contribution in [0.15, 0.2) is 24.3 Å². The number of quaternary nitrogens is 1. The lowest BCUT2D eigenvalue weighted by Gasteiger charge is -2.39. The van der Waals surface area contributed by atoms with Gasteiger partial charge in [0.2, 0.25) is 11.8 Å². The van der Waals surface area contributed by atoms with Crippen LogP contribution in [0, 0.1) is 5.41 Å². The van der Waals surface area contributed by atoms with E-state index < -0.39 is 0 Å². The number of nitrogens with zero attached hydrogens (tertiary/aromatic N) is 2. The molecule has 0 bridgehead atoms. The Hall–Kier alpha value is -2.21. The highest BCUT2D eigenvalue weighted by atomic mass is 16.2. The van der Waals surface area contributed by atoms with Crippen molar-refractivity contribution in [2.24, 2.45) is 5.41 Å². The van der Waals surface area contributed by atoms with Crippen molar-refractivity contribution in [1.29, 1.82) is 0 Å². The third-order valence-electron chi connectivity index (χ3n) is 6.10. The first-order valence-corrected chi connectivity index (χ1v) is 9.84. The van der Waals surface area contributed by atoms with Crippen molar-refractivity contribution < 1.29 is 19.3 Å². The predicted molar refractivity (Wildman–Crippen MR) is 104 cm³/mol. The number of amides is 2. The Kier molecular flexibility index (Phi) is 5.65. The van der Waals surface area contributed by atoms with Gasteiger partial charge in [0.25, 0.3) is 0 Å². The molecular weight excluding hydrogens is 342 g/mol. The van der Waals surface area contributed by atoms with Gasteiger partial charge in [0.1, 0.15) is 0 Å². The highest BCUT2D eigenvalue weighted by Gasteiger charge is 2.41. The van der Waals surface area contributed by atoms with E-state index in [1.165, 1.54) is 9.80 Å². The van der Waals surface area contributed by atoms with Gasteiger partial charge in [-0.3, -0.25) is 14.4 Å². The van der Waals surface area contributed by atoms with Crippen LogP contribution < -0.4 is 9.80 Å². The summed E-state index contributed by atoms with van der Waals surface area (Å²) in [6.07, 6.45) is 1.79. The topological polar surface area (TPSA) is 62.1 Å². The van der Waals surface area contributed by atoms with E-state index in [-0.39, 0.29) is 23.0 Å². The van der Waals surface area contributed by atoms with Crippen molar-refractivity contribution in [2.75, 3.05) is 37.7 Å². The van der Waals surface area contributed by atoms with Gasteiger partial charge in [-0.05, 0) is 43.0 Å². The third kappa shape index (κ3) is 4.38. The van der Waals surface area contributed by atoms with E-state index in [9.17, 15) is 14.4 Å². The smallest absolute Gasteiger partial charge is 0.234 e. The Morgan fingerprint density at radius 2 is 1.63 bits per heavy atom. The lowest BCUT2D eigenvalue weighted by atomic mass is 9.77. The van der Waals surface area contributed by atoms with E-state index in [4.69, 9.17) is 0 Å². The van der Waals surface area contributed by atoms with Gasteiger partial charge in [0, 0.05) is 24.1 Å². The average Bonchev–Trinajstić information content (AvgIpc) is 2.65. The lowest BCUT2D eigenvalue weighted by molar-refractivity contribution is -0.908. The molecule has 0 atom stereocenters. The molecule has 1 aromatic rings. The Bertz CT molecular complexity index is 703. The number of Topliss-reactive ketones (excluding diaryl/α,β-unsaturated/α-hetero) is 1. The minimum atomic E-state index is -0.176. The largest absolute Gasteiger partial charge is 0.360 e. The average molecular weight is 372 g/mol. The molecule has 27 heavy (non-hydrogen) atoms. The maximum absolute atomic E-state index is 12.5. The van der Waals surface area contributed by atoms with Crippen molar-refractivity contribution in [3.05, 3.63) is 29.8 Å². The fourth-order valence-electron chi connectivity index (χ4n) is 3.92. The summed E-state index contributed by atoms with van der Waals surface area (Å²) in [6.45, 7) is 9.65. The summed E-state index contributed by atoms with van der Waals surface area (Å²) in [4.78, 5) is 41.4. The second-order valence-electron chi connectivity index (χ2n) is 8.23. The van der Waals surface area contributed by atoms with Gasteiger partial charge in [-0.2, -0.15) is 0 Å². The molecule has 1 aromatic carbocycles. The van der Waals surface area contributed by atoms with E-state index in [0.29, 0.717) is 19.5 Å². The Balaban J connectivity index is 1.54. The van der Waals surface area contributed by atoms with Crippen molar-refractivity contribution in [3.8, 4) is 0 Å². The minimum Gasteiger partial charge on any atom is -0.360 e. The highest BCUT2D eigenvalue weighted by molar-refractivity contribution is 5.98. The Morgan fingerprint density at radius 3 is 2.11 bits per heavy atom. The summed E-state index contributed by atoms with van der Waals surface area (Å²) in [5, 5.41) is 0. The first-order chi connectivity index (χ1) is 12.8. The molecule has 2 saturated heterocycles. The summed E-state index contributed by atoms with van der Waals surface area (Å²) in [5.74, 6) is 0.0292. The molecule has 6 heteroatoms. The maximum Gasteiger partial charge on any atom is 0.234 e. The SMILES string of the molecule is CCC1(C)CC(=O)N(C[NH+]2CCN(c3ccc(C(C)=O)cc3)CC2)C(=O)C1. The number of hydrogen-bond acceptors (Lipinski definition) is 4. The number of piperidine rings is 1. The van der Waals surface area contributed by atoms with Gasteiger partial charge in [0.05, 0.1) is 26.2 Å². The van der Waals surface area contributed by atoms with Crippen LogP contribution in [0.3, 0.4) is 0 Å². The second kappa shape index (κ2) is 7.80. The quantitative estimate of drug-likeness (QED) is 0.621. The van der Waals surface area contributed by atoms with Gasteiger partial charge < -0.3 is 9.80 Å². The standard InChI is InChI=1S/C21H29N3O3/c1-4-21(3)13-19(26)24(20(27)14-21)15-22-9-11-23(12-10-22)18-7-5-17(6-8-18)16(2)25/h5-8H,4,9-15H2,1-3H3/p+1. The first-order valence-electron chi connectivity index (χ1n) is 9.84. The number of nitrogens with one attached hydrogen (secondary N) is 1. The van der Waals surface area contributed by atoms with E-state index in [1.807, 2.05) is 38.1 Å². The number of ketones is 1. The minimum absolute atomic E-state index is 0.0228. The number of hydrogen-bond donors (Lipinski definition) is 1. The van der Waals surface area contributed by atoms with Crippen LogP contribution in [-0.2, 0) is 9.59 Å². The van der Waals surface area contributed by atoms with Crippen molar-refractivity contribution in [3.63, 3.8) is 0 Å². The number of piperazine rings is 1. The van der Waals surface area contributed by atoms with Crippen LogP contribution in [0.4, 0.5) is 5.69 Å². The van der Waals surface area contributed by atoms with E-state index in [2.05, 4.69) is 4.90 Å². The Morgan fingerprint density at radius 1 is 1.07 bits per heavy atom. The molecule has 1 N–H and O–H groups in total. The lowest BCUT2D eigenvalue weighted by Crippen LogP contribution is -3.16.